The first-order valence-corrected chi connectivity index (χ1v) is 13.9. The summed E-state index contributed by atoms with van der Waals surface area (Å²) in [7, 11) is 0. The van der Waals surface area contributed by atoms with E-state index in [1.807, 2.05) is 18.7 Å². The minimum absolute atomic E-state index is 0.0543. The van der Waals surface area contributed by atoms with Crippen LogP contribution in [0.1, 0.15) is 50.7 Å². The highest BCUT2D eigenvalue weighted by Crippen LogP contribution is 2.34. The number of thioether (sulfide) groups is 1. The number of hydrogen-bond donors (Lipinski definition) is 3. The van der Waals surface area contributed by atoms with Crippen LogP contribution in [0, 0.1) is 11.8 Å². The molecule has 3 aliphatic rings. The van der Waals surface area contributed by atoms with E-state index in [1.54, 1.807) is 0 Å². The second kappa shape index (κ2) is 12.5. The van der Waals surface area contributed by atoms with E-state index < -0.39 is 4.93 Å². The molecule has 180 valence electrons. The van der Waals surface area contributed by atoms with Crippen molar-refractivity contribution in [3.05, 3.63) is 35.4 Å². The number of carbonyl (C=O) groups excluding carboxylic acids is 1. The Morgan fingerprint density at radius 3 is 2.62 bits per heavy atom. The first kappa shape index (κ1) is 25.7. The number of fused-ring (bicyclic) bond motifs is 1. The van der Waals surface area contributed by atoms with E-state index >= 15 is 0 Å². The van der Waals surface area contributed by atoms with Crippen LogP contribution in [0.2, 0.25) is 0 Å². The SMILES string of the molecule is CC.O=C(NCC(O)(S)CN1CCc2ccccc2C1)N1CCCC(C2CCSCC2)C1. The van der Waals surface area contributed by atoms with Crippen LogP contribution in [0.15, 0.2) is 24.3 Å². The minimum Gasteiger partial charge on any atom is -0.377 e. The largest absolute Gasteiger partial charge is 0.377 e. The lowest BCUT2D eigenvalue weighted by atomic mass is 9.82. The molecule has 1 aromatic rings. The number of piperidine rings is 1. The molecule has 2 atom stereocenters. The van der Waals surface area contributed by atoms with Crippen LogP contribution in [0.3, 0.4) is 0 Å². The second-order valence-electron chi connectivity index (χ2n) is 9.17. The van der Waals surface area contributed by atoms with E-state index in [9.17, 15) is 9.90 Å². The number of rotatable bonds is 5. The lowest BCUT2D eigenvalue weighted by Crippen LogP contribution is -2.52. The van der Waals surface area contributed by atoms with E-state index in [0.29, 0.717) is 12.5 Å². The third-order valence-electron chi connectivity index (χ3n) is 6.89. The van der Waals surface area contributed by atoms with Gasteiger partial charge in [-0.25, -0.2) is 4.79 Å². The molecule has 3 aliphatic heterocycles. The summed E-state index contributed by atoms with van der Waals surface area (Å²) in [4.78, 5) is 15.7. The molecule has 3 heterocycles. The number of likely N-dealkylation sites (tertiary alicyclic amines) is 1. The van der Waals surface area contributed by atoms with Crippen molar-refractivity contribution in [3.63, 3.8) is 0 Å². The number of carbonyl (C=O) groups is 1. The summed E-state index contributed by atoms with van der Waals surface area (Å²) in [5.41, 5.74) is 2.71. The number of urea groups is 1. The van der Waals surface area contributed by atoms with Crippen molar-refractivity contribution < 1.29 is 9.90 Å². The zero-order chi connectivity index (χ0) is 23.0. The van der Waals surface area contributed by atoms with Gasteiger partial charge >= 0.3 is 6.03 Å². The number of β-amino-alcohol motifs (C(OH)–C–C–N with tert-alkyl or cyclic N) is 1. The molecule has 5 nitrogen and oxygen atoms in total. The Morgan fingerprint density at radius 1 is 1.16 bits per heavy atom. The molecule has 2 unspecified atom stereocenters. The topological polar surface area (TPSA) is 55.8 Å². The van der Waals surface area contributed by atoms with Crippen LogP contribution < -0.4 is 5.32 Å². The summed E-state index contributed by atoms with van der Waals surface area (Å²) in [6, 6.07) is 8.42. The van der Waals surface area contributed by atoms with E-state index in [-0.39, 0.29) is 12.6 Å². The number of benzene rings is 1. The van der Waals surface area contributed by atoms with Gasteiger partial charge in [0.15, 0.2) is 0 Å². The highest BCUT2D eigenvalue weighted by atomic mass is 32.2. The van der Waals surface area contributed by atoms with Gasteiger partial charge < -0.3 is 15.3 Å². The fraction of sp³-hybridized carbons (Fsp3) is 0.720. The molecule has 0 radical (unpaired) electrons. The molecular formula is C25H41N3O2S2. The molecule has 0 spiro atoms. The van der Waals surface area contributed by atoms with Crippen molar-refractivity contribution in [3.8, 4) is 0 Å². The van der Waals surface area contributed by atoms with E-state index in [2.05, 4.69) is 58.9 Å². The number of thiol groups is 1. The fourth-order valence-corrected chi connectivity index (χ4v) is 6.62. The summed E-state index contributed by atoms with van der Waals surface area (Å²) >= 11 is 6.54. The predicted octanol–water partition coefficient (Wildman–Crippen LogP) is 4.25. The molecule has 7 heteroatoms. The molecule has 0 bridgehead atoms. The summed E-state index contributed by atoms with van der Waals surface area (Å²) in [5, 5.41) is 13.8. The Bertz CT molecular complexity index is 725. The minimum atomic E-state index is -1.24. The maximum Gasteiger partial charge on any atom is 0.317 e. The fourth-order valence-electron chi connectivity index (χ4n) is 5.20. The van der Waals surface area contributed by atoms with Crippen molar-refractivity contribution in [2.24, 2.45) is 11.8 Å². The van der Waals surface area contributed by atoms with Crippen molar-refractivity contribution >= 4 is 30.4 Å². The maximum absolute atomic E-state index is 12.8. The number of amides is 2. The third-order valence-corrected chi connectivity index (χ3v) is 8.24. The Kier molecular flexibility index (Phi) is 10.1. The van der Waals surface area contributed by atoms with Crippen LogP contribution in [-0.4, -0.2) is 70.1 Å². The average Bonchev–Trinajstić information content (AvgIpc) is 2.84. The van der Waals surface area contributed by atoms with Gasteiger partial charge in [-0.05, 0) is 66.6 Å². The average molecular weight is 480 g/mol. The third kappa shape index (κ3) is 7.31. The second-order valence-corrected chi connectivity index (χ2v) is 11.2. The number of aliphatic hydroxyl groups is 1. The first-order chi connectivity index (χ1) is 15.5. The molecule has 2 N–H and O–H groups in total. The van der Waals surface area contributed by atoms with Crippen LogP contribution in [-0.2, 0) is 13.0 Å². The van der Waals surface area contributed by atoms with E-state index in [0.717, 1.165) is 44.9 Å². The lowest BCUT2D eigenvalue weighted by molar-refractivity contribution is 0.0760. The molecule has 0 aliphatic carbocycles. The molecular weight excluding hydrogens is 438 g/mol. The zero-order valence-corrected chi connectivity index (χ0v) is 21.5. The van der Waals surface area contributed by atoms with Gasteiger partial charge in [-0.2, -0.15) is 11.8 Å². The maximum atomic E-state index is 12.8. The molecule has 2 fully saturated rings. The van der Waals surface area contributed by atoms with E-state index in [1.165, 1.54) is 41.9 Å². The van der Waals surface area contributed by atoms with Crippen LogP contribution >= 0.6 is 24.4 Å². The van der Waals surface area contributed by atoms with Crippen LogP contribution in [0.25, 0.3) is 0 Å². The Morgan fingerprint density at radius 2 is 1.88 bits per heavy atom. The molecule has 4 rings (SSSR count). The molecule has 1 aromatic carbocycles. The van der Waals surface area contributed by atoms with Crippen molar-refractivity contribution in [2.45, 2.75) is 57.4 Å². The van der Waals surface area contributed by atoms with Gasteiger partial charge in [0, 0.05) is 32.7 Å². The number of nitrogens with one attached hydrogen (secondary N) is 1. The van der Waals surface area contributed by atoms with Crippen molar-refractivity contribution in [1.29, 1.82) is 0 Å². The zero-order valence-electron chi connectivity index (χ0n) is 19.8. The van der Waals surface area contributed by atoms with Gasteiger partial charge in [-0.15, -0.1) is 12.6 Å². The van der Waals surface area contributed by atoms with Gasteiger partial charge in [-0.1, -0.05) is 38.1 Å². The summed E-state index contributed by atoms with van der Waals surface area (Å²) in [6.07, 6.45) is 5.90. The van der Waals surface area contributed by atoms with Gasteiger partial charge in [0.05, 0.1) is 6.54 Å². The van der Waals surface area contributed by atoms with Crippen LogP contribution in [0.4, 0.5) is 4.79 Å². The number of nitrogens with zero attached hydrogens (tertiary/aromatic N) is 2. The van der Waals surface area contributed by atoms with Crippen molar-refractivity contribution in [1.82, 2.24) is 15.1 Å². The molecule has 2 saturated heterocycles. The van der Waals surface area contributed by atoms with Gasteiger partial charge in [0.1, 0.15) is 4.93 Å². The molecule has 2 amide bonds. The van der Waals surface area contributed by atoms with Gasteiger partial charge in [0.2, 0.25) is 0 Å². The smallest absolute Gasteiger partial charge is 0.317 e. The van der Waals surface area contributed by atoms with Gasteiger partial charge in [0.25, 0.3) is 0 Å². The molecule has 0 saturated carbocycles. The standard InChI is InChI=1S/C23H35N3O2S2.C2H6/c27-22(26-10-3-6-21(15-26)19-8-12-30-13-9-19)24-16-23(28,29)17-25-11-7-18-4-1-2-5-20(18)14-25;1-2/h1-2,4-5,19,21,28-29H,3,6-17H2,(H,24,27);1-2H3. The summed E-state index contributed by atoms with van der Waals surface area (Å²) < 4.78 is 0. The Hall–Kier alpha value is -0.890. The molecule has 32 heavy (non-hydrogen) atoms. The Labute approximate surface area is 204 Å². The van der Waals surface area contributed by atoms with Gasteiger partial charge in [-0.3, -0.25) is 4.90 Å². The summed E-state index contributed by atoms with van der Waals surface area (Å²) in [6.45, 7) is 8.00. The summed E-state index contributed by atoms with van der Waals surface area (Å²) in [5.74, 6) is 3.93. The van der Waals surface area contributed by atoms with Crippen LogP contribution in [0.5, 0.6) is 0 Å². The highest BCUT2D eigenvalue weighted by molar-refractivity contribution is 7.99. The first-order valence-electron chi connectivity index (χ1n) is 12.3. The predicted molar refractivity (Wildman–Crippen MR) is 138 cm³/mol. The molecule has 0 aromatic heterocycles. The number of hydrogen-bond acceptors (Lipinski definition) is 5. The van der Waals surface area contributed by atoms with Crippen molar-refractivity contribution in [2.75, 3.05) is 44.2 Å². The quantitative estimate of drug-likeness (QED) is 0.436. The van der Waals surface area contributed by atoms with E-state index in [4.69, 9.17) is 0 Å². The monoisotopic (exact) mass is 479 g/mol. The highest BCUT2D eigenvalue weighted by Gasteiger charge is 2.32. The lowest BCUT2D eigenvalue weighted by Gasteiger charge is -2.39. The Balaban J connectivity index is 0.00000141. The normalized spacial score (nSPS) is 24.0.